The highest BCUT2D eigenvalue weighted by molar-refractivity contribution is 5.94. The fourth-order valence-corrected chi connectivity index (χ4v) is 2.96. The number of aromatic nitrogens is 2. The van der Waals surface area contributed by atoms with E-state index in [1.807, 2.05) is 37.3 Å². The van der Waals surface area contributed by atoms with Crippen molar-refractivity contribution in [3.8, 4) is 11.4 Å². The van der Waals surface area contributed by atoms with Crippen LogP contribution in [0, 0.1) is 5.41 Å². The van der Waals surface area contributed by atoms with E-state index in [1.54, 1.807) is 0 Å². The number of benzene rings is 1. The third kappa shape index (κ3) is 3.61. The number of rotatable bonds is 3. The first-order valence-corrected chi connectivity index (χ1v) is 8.91. The van der Waals surface area contributed by atoms with Crippen molar-refractivity contribution in [3.63, 3.8) is 0 Å². The third-order valence-corrected chi connectivity index (χ3v) is 5.09. The van der Waals surface area contributed by atoms with Crippen molar-refractivity contribution in [1.29, 1.82) is 0 Å². The van der Waals surface area contributed by atoms with E-state index in [-0.39, 0.29) is 17.4 Å². The van der Waals surface area contributed by atoms with Gasteiger partial charge in [-0.25, -0.2) is 4.98 Å². The number of nitrogens with one attached hydrogen (secondary N) is 1. The largest absolute Gasteiger partial charge is 0.348 e. The summed E-state index contributed by atoms with van der Waals surface area (Å²) in [5.74, 6) is 0.806. The number of likely N-dealkylation sites (N-methyl/N-ethyl adjacent to an activating group) is 1. The molecule has 0 bridgehead atoms. The Hall–Kier alpha value is -2.14. The van der Waals surface area contributed by atoms with Crippen molar-refractivity contribution in [1.82, 2.24) is 19.8 Å². The van der Waals surface area contributed by atoms with Crippen LogP contribution in [0.4, 0.5) is 0 Å². The summed E-state index contributed by atoms with van der Waals surface area (Å²) in [4.78, 5) is 19.9. The molecule has 25 heavy (non-hydrogen) atoms. The number of hydrogen-bond donors (Lipinski definition) is 1. The summed E-state index contributed by atoms with van der Waals surface area (Å²) < 4.78 is 2.20. The van der Waals surface area contributed by atoms with Crippen molar-refractivity contribution in [2.75, 3.05) is 13.6 Å². The normalized spacial score (nSPS) is 16.4. The molecule has 1 aromatic carbocycles. The maximum atomic E-state index is 12.9. The third-order valence-electron chi connectivity index (χ3n) is 5.09. The Kier molecular flexibility index (Phi) is 4.69. The molecular formula is C20H28N4O. The Bertz CT molecular complexity index is 758. The van der Waals surface area contributed by atoms with Crippen molar-refractivity contribution >= 4 is 5.91 Å². The number of carbonyl (C=O) groups excluding carboxylic acids is 1. The van der Waals surface area contributed by atoms with Gasteiger partial charge in [0.25, 0.3) is 5.91 Å². The van der Waals surface area contributed by atoms with Gasteiger partial charge in [0.05, 0.1) is 5.69 Å². The maximum absolute atomic E-state index is 12.9. The van der Waals surface area contributed by atoms with E-state index in [1.165, 1.54) is 0 Å². The summed E-state index contributed by atoms with van der Waals surface area (Å²) in [5.41, 5.74) is 2.62. The van der Waals surface area contributed by atoms with Crippen LogP contribution in [0.1, 0.15) is 43.9 Å². The van der Waals surface area contributed by atoms with Crippen molar-refractivity contribution < 1.29 is 4.79 Å². The van der Waals surface area contributed by atoms with E-state index >= 15 is 0 Å². The lowest BCUT2D eigenvalue weighted by Gasteiger charge is -2.28. The van der Waals surface area contributed by atoms with Crippen LogP contribution >= 0.6 is 0 Å². The summed E-state index contributed by atoms with van der Waals surface area (Å²) in [6.07, 6.45) is 0. The molecule has 0 spiro atoms. The first kappa shape index (κ1) is 17.7. The quantitative estimate of drug-likeness (QED) is 0.934. The molecule has 2 aromatic rings. The van der Waals surface area contributed by atoms with Gasteiger partial charge >= 0.3 is 0 Å². The topological polar surface area (TPSA) is 50.2 Å². The molecule has 0 aliphatic carbocycles. The van der Waals surface area contributed by atoms with E-state index in [4.69, 9.17) is 4.98 Å². The molecule has 0 unspecified atom stereocenters. The lowest BCUT2D eigenvalue weighted by atomic mass is 9.88. The van der Waals surface area contributed by atoms with E-state index in [0.29, 0.717) is 5.69 Å². The van der Waals surface area contributed by atoms with Crippen LogP contribution in [0.3, 0.4) is 0 Å². The lowest BCUT2D eigenvalue weighted by Crippen LogP contribution is -2.42. The molecule has 1 N–H and O–H groups in total. The predicted molar refractivity (Wildman–Crippen MR) is 100 cm³/mol. The van der Waals surface area contributed by atoms with Gasteiger partial charge in [0.2, 0.25) is 0 Å². The molecule has 5 nitrogen and oxygen atoms in total. The van der Waals surface area contributed by atoms with Gasteiger partial charge in [-0.05, 0) is 19.4 Å². The number of fused-ring (bicyclic) bond motifs is 1. The number of carbonyl (C=O) groups is 1. The van der Waals surface area contributed by atoms with Gasteiger partial charge < -0.3 is 9.88 Å². The molecular weight excluding hydrogens is 312 g/mol. The summed E-state index contributed by atoms with van der Waals surface area (Å²) in [6.45, 7) is 11.0. The molecule has 1 amide bonds. The van der Waals surface area contributed by atoms with Gasteiger partial charge in [0.15, 0.2) is 5.69 Å². The fourth-order valence-electron chi connectivity index (χ4n) is 2.96. The Morgan fingerprint density at radius 3 is 2.52 bits per heavy atom. The average molecular weight is 340 g/mol. The minimum Gasteiger partial charge on any atom is -0.348 e. The fraction of sp³-hybridized carbons (Fsp3) is 0.500. The van der Waals surface area contributed by atoms with Gasteiger partial charge in [0, 0.05) is 31.2 Å². The molecule has 2 heterocycles. The molecule has 1 atom stereocenters. The molecule has 134 valence electrons. The Morgan fingerprint density at radius 1 is 1.20 bits per heavy atom. The van der Waals surface area contributed by atoms with Crippen LogP contribution in [0.5, 0.6) is 0 Å². The summed E-state index contributed by atoms with van der Waals surface area (Å²) in [6, 6.07) is 10.2. The Morgan fingerprint density at radius 2 is 1.88 bits per heavy atom. The highest BCUT2D eigenvalue weighted by Gasteiger charge is 2.29. The summed E-state index contributed by atoms with van der Waals surface area (Å²) in [5, 5.41) is 3.13. The van der Waals surface area contributed by atoms with E-state index in [2.05, 4.69) is 42.6 Å². The Balaban J connectivity index is 1.99. The van der Waals surface area contributed by atoms with E-state index in [0.717, 1.165) is 36.7 Å². The molecule has 0 saturated carbocycles. The van der Waals surface area contributed by atoms with Crippen molar-refractivity contribution in [2.24, 2.45) is 5.41 Å². The van der Waals surface area contributed by atoms with Gasteiger partial charge in [-0.1, -0.05) is 51.1 Å². The van der Waals surface area contributed by atoms with Gasteiger partial charge in [0.1, 0.15) is 5.82 Å². The second-order valence-corrected chi connectivity index (χ2v) is 8.05. The minimum atomic E-state index is -0.0799. The highest BCUT2D eigenvalue weighted by atomic mass is 16.2. The van der Waals surface area contributed by atoms with E-state index in [9.17, 15) is 4.79 Å². The van der Waals surface area contributed by atoms with E-state index < -0.39 is 0 Å². The molecule has 0 fully saturated rings. The number of nitrogens with zero attached hydrogens (tertiary/aromatic N) is 3. The monoisotopic (exact) mass is 340 g/mol. The van der Waals surface area contributed by atoms with Crippen LogP contribution in [0.15, 0.2) is 30.3 Å². The highest BCUT2D eigenvalue weighted by Crippen LogP contribution is 2.26. The standard InChI is InChI=1S/C20H28N4O/c1-14(20(2,3)4)21-19(25)17-16-13-23(5)11-12-24(16)18(22-17)15-9-7-6-8-10-15/h6-10,14H,11-13H2,1-5H3,(H,21,25)/t14-/m0/s1. The second-order valence-electron chi connectivity index (χ2n) is 8.05. The number of hydrogen-bond acceptors (Lipinski definition) is 3. The molecule has 5 heteroatoms. The van der Waals surface area contributed by atoms with Gasteiger partial charge in [-0.2, -0.15) is 0 Å². The van der Waals surface area contributed by atoms with Crippen LogP contribution in [-0.2, 0) is 13.1 Å². The van der Waals surface area contributed by atoms with Gasteiger partial charge in [-0.3, -0.25) is 9.69 Å². The minimum absolute atomic E-state index is 0.00844. The summed E-state index contributed by atoms with van der Waals surface area (Å²) >= 11 is 0. The van der Waals surface area contributed by atoms with Crippen LogP contribution < -0.4 is 5.32 Å². The molecule has 3 rings (SSSR count). The first-order valence-electron chi connectivity index (χ1n) is 8.91. The predicted octanol–water partition coefficient (Wildman–Crippen LogP) is 3.16. The van der Waals surface area contributed by atoms with Crippen molar-refractivity contribution in [2.45, 2.75) is 46.8 Å². The Labute approximate surface area is 150 Å². The molecule has 1 aliphatic heterocycles. The van der Waals surface area contributed by atoms with Crippen LogP contribution in [0.2, 0.25) is 0 Å². The van der Waals surface area contributed by atoms with Crippen LogP contribution in [-0.4, -0.2) is 40.0 Å². The maximum Gasteiger partial charge on any atom is 0.272 e. The first-order chi connectivity index (χ1) is 11.8. The molecule has 1 aromatic heterocycles. The number of imidazole rings is 1. The van der Waals surface area contributed by atoms with Crippen LogP contribution in [0.25, 0.3) is 11.4 Å². The lowest BCUT2D eigenvalue weighted by molar-refractivity contribution is 0.0902. The zero-order valence-corrected chi connectivity index (χ0v) is 15.8. The SMILES string of the molecule is C[C@H](NC(=O)c1nc(-c2ccccc2)n2c1CN(C)CC2)C(C)(C)C. The molecule has 1 aliphatic rings. The number of amides is 1. The van der Waals surface area contributed by atoms with Gasteiger partial charge in [-0.15, -0.1) is 0 Å². The zero-order valence-electron chi connectivity index (χ0n) is 15.8. The summed E-state index contributed by atoms with van der Waals surface area (Å²) in [7, 11) is 2.08. The van der Waals surface area contributed by atoms with Crippen molar-refractivity contribution in [3.05, 3.63) is 41.7 Å². The molecule has 0 saturated heterocycles. The zero-order chi connectivity index (χ0) is 18.2. The smallest absolute Gasteiger partial charge is 0.272 e. The second kappa shape index (κ2) is 6.64. The molecule has 0 radical (unpaired) electrons. The average Bonchev–Trinajstić information content (AvgIpc) is 2.93.